The first kappa shape index (κ1) is 10.7. The van der Waals surface area contributed by atoms with Gasteiger partial charge >= 0.3 is 5.97 Å². The van der Waals surface area contributed by atoms with Crippen LogP contribution in [0.4, 0.5) is 4.39 Å². The van der Waals surface area contributed by atoms with E-state index in [-0.39, 0.29) is 6.42 Å². The number of hydrogen-bond acceptors (Lipinski definition) is 1. The normalized spacial score (nSPS) is 14.7. The van der Waals surface area contributed by atoms with Crippen LogP contribution in [0.25, 0.3) is 0 Å². The zero-order valence-electron chi connectivity index (χ0n) is 8.03. The number of hydrogen-bond donors (Lipinski definition) is 1. The van der Waals surface area contributed by atoms with E-state index in [1.54, 1.807) is 12.1 Å². The van der Waals surface area contributed by atoms with Gasteiger partial charge in [0.1, 0.15) is 6.67 Å². The third-order valence-corrected chi connectivity index (χ3v) is 2.25. The third kappa shape index (κ3) is 2.31. The van der Waals surface area contributed by atoms with E-state index in [0.717, 1.165) is 5.56 Å². The van der Waals surface area contributed by atoms with Gasteiger partial charge < -0.3 is 5.11 Å². The van der Waals surface area contributed by atoms with Crippen LogP contribution in [0.3, 0.4) is 0 Å². The molecule has 1 N–H and O–H groups in total. The molecule has 0 aromatic heterocycles. The van der Waals surface area contributed by atoms with Crippen LogP contribution in [0.1, 0.15) is 12.5 Å². The number of carbonyl (C=O) groups is 1. The molecule has 2 nitrogen and oxygen atoms in total. The van der Waals surface area contributed by atoms with Crippen LogP contribution in [0.2, 0.25) is 0 Å². The van der Waals surface area contributed by atoms with Crippen molar-refractivity contribution in [2.24, 2.45) is 5.41 Å². The van der Waals surface area contributed by atoms with Crippen LogP contribution in [0, 0.1) is 5.41 Å². The van der Waals surface area contributed by atoms with Gasteiger partial charge in [-0.1, -0.05) is 30.3 Å². The van der Waals surface area contributed by atoms with Crippen molar-refractivity contribution >= 4 is 5.97 Å². The van der Waals surface area contributed by atoms with Crippen molar-refractivity contribution in [2.75, 3.05) is 6.67 Å². The predicted molar refractivity (Wildman–Crippen MR) is 51.9 cm³/mol. The molecule has 0 aliphatic rings. The van der Waals surface area contributed by atoms with Gasteiger partial charge in [-0.15, -0.1) is 0 Å². The summed E-state index contributed by atoms with van der Waals surface area (Å²) in [6, 6.07) is 9.08. The minimum absolute atomic E-state index is 0.222. The van der Waals surface area contributed by atoms with Crippen molar-refractivity contribution in [2.45, 2.75) is 13.3 Å². The molecule has 3 heteroatoms. The summed E-state index contributed by atoms with van der Waals surface area (Å²) in [4.78, 5) is 10.8. The quantitative estimate of drug-likeness (QED) is 0.802. The van der Waals surface area contributed by atoms with Gasteiger partial charge in [0.05, 0.1) is 5.41 Å². The van der Waals surface area contributed by atoms with Crippen LogP contribution in [0.15, 0.2) is 30.3 Å². The largest absolute Gasteiger partial charge is 0.481 e. The molecule has 0 saturated heterocycles. The lowest BCUT2D eigenvalue weighted by Gasteiger charge is -2.20. The number of carboxylic acids is 1. The van der Waals surface area contributed by atoms with Crippen LogP contribution < -0.4 is 0 Å². The zero-order valence-corrected chi connectivity index (χ0v) is 8.03. The fourth-order valence-corrected chi connectivity index (χ4v) is 1.23. The van der Waals surface area contributed by atoms with E-state index in [0.29, 0.717) is 0 Å². The Morgan fingerprint density at radius 1 is 1.43 bits per heavy atom. The van der Waals surface area contributed by atoms with E-state index >= 15 is 0 Å². The maximum atomic E-state index is 12.6. The molecule has 0 fully saturated rings. The highest BCUT2D eigenvalue weighted by atomic mass is 19.1. The molecular weight excluding hydrogens is 183 g/mol. The molecule has 1 aromatic rings. The molecule has 0 bridgehead atoms. The fourth-order valence-electron chi connectivity index (χ4n) is 1.23. The van der Waals surface area contributed by atoms with Crippen molar-refractivity contribution in [3.63, 3.8) is 0 Å². The SMILES string of the molecule is CC(CF)(Cc1ccccc1)C(=O)O. The first-order valence-electron chi connectivity index (χ1n) is 4.42. The van der Waals surface area contributed by atoms with E-state index in [1.165, 1.54) is 6.92 Å². The Bertz CT molecular complexity index is 310. The zero-order chi connectivity index (χ0) is 10.6. The molecule has 0 amide bonds. The third-order valence-electron chi connectivity index (χ3n) is 2.25. The number of benzene rings is 1. The summed E-state index contributed by atoms with van der Waals surface area (Å²) in [5.41, 5.74) is -0.462. The summed E-state index contributed by atoms with van der Waals surface area (Å²) in [5.74, 6) is -1.09. The van der Waals surface area contributed by atoms with Crippen molar-refractivity contribution in [3.05, 3.63) is 35.9 Å². The summed E-state index contributed by atoms with van der Waals surface area (Å²) in [6.45, 7) is 0.569. The Morgan fingerprint density at radius 3 is 2.43 bits per heavy atom. The van der Waals surface area contributed by atoms with Gasteiger partial charge in [-0.25, -0.2) is 4.39 Å². The fraction of sp³-hybridized carbons (Fsp3) is 0.364. The summed E-state index contributed by atoms with van der Waals surface area (Å²) in [7, 11) is 0. The van der Waals surface area contributed by atoms with E-state index in [2.05, 4.69) is 0 Å². The van der Waals surface area contributed by atoms with E-state index in [4.69, 9.17) is 5.11 Å². The van der Waals surface area contributed by atoms with Crippen LogP contribution >= 0.6 is 0 Å². The lowest BCUT2D eigenvalue weighted by atomic mass is 9.85. The average molecular weight is 196 g/mol. The molecule has 0 spiro atoms. The van der Waals surface area contributed by atoms with Crippen molar-refractivity contribution in [3.8, 4) is 0 Å². The van der Waals surface area contributed by atoms with Crippen molar-refractivity contribution in [1.29, 1.82) is 0 Å². The van der Waals surface area contributed by atoms with Crippen LogP contribution in [0.5, 0.6) is 0 Å². The first-order chi connectivity index (χ1) is 6.58. The summed E-state index contributed by atoms with van der Waals surface area (Å²) < 4.78 is 12.6. The summed E-state index contributed by atoms with van der Waals surface area (Å²) in [5, 5.41) is 8.85. The average Bonchev–Trinajstić information content (AvgIpc) is 2.19. The molecule has 0 heterocycles. The van der Waals surface area contributed by atoms with Gasteiger partial charge in [-0.05, 0) is 18.9 Å². The molecule has 0 aliphatic carbocycles. The number of aliphatic carboxylic acids is 1. The standard InChI is InChI=1S/C11H13FO2/c1-11(8-12,10(13)14)7-9-5-3-2-4-6-9/h2-6H,7-8H2,1H3,(H,13,14). The number of alkyl halides is 1. The Balaban J connectivity index is 2.81. The minimum atomic E-state index is -1.30. The topological polar surface area (TPSA) is 37.3 Å². The smallest absolute Gasteiger partial charge is 0.312 e. The lowest BCUT2D eigenvalue weighted by molar-refractivity contribution is -0.148. The lowest BCUT2D eigenvalue weighted by Crippen LogP contribution is -2.32. The van der Waals surface area contributed by atoms with Gasteiger partial charge in [0.2, 0.25) is 0 Å². The Labute approximate surface area is 82.4 Å². The van der Waals surface area contributed by atoms with Crippen molar-refractivity contribution in [1.82, 2.24) is 0 Å². The maximum absolute atomic E-state index is 12.6. The van der Waals surface area contributed by atoms with Gasteiger partial charge in [-0.2, -0.15) is 0 Å². The van der Waals surface area contributed by atoms with Crippen LogP contribution in [-0.2, 0) is 11.2 Å². The van der Waals surface area contributed by atoms with Gasteiger partial charge in [0, 0.05) is 0 Å². The van der Waals surface area contributed by atoms with Gasteiger partial charge in [0.15, 0.2) is 0 Å². The Hall–Kier alpha value is -1.38. The number of carboxylic acid groups (broad SMARTS) is 1. The Morgan fingerprint density at radius 2 is 2.00 bits per heavy atom. The minimum Gasteiger partial charge on any atom is -0.481 e. The second-order valence-corrected chi connectivity index (χ2v) is 3.66. The van der Waals surface area contributed by atoms with Gasteiger partial charge in [0.25, 0.3) is 0 Å². The molecule has 76 valence electrons. The van der Waals surface area contributed by atoms with Gasteiger partial charge in [-0.3, -0.25) is 4.79 Å². The van der Waals surface area contributed by atoms with E-state index in [1.807, 2.05) is 18.2 Å². The molecular formula is C11H13FO2. The highest BCUT2D eigenvalue weighted by Crippen LogP contribution is 2.23. The van der Waals surface area contributed by atoms with Crippen LogP contribution in [-0.4, -0.2) is 17.8 Å². The number of halogens is 1. The molecule has 14 heavy (non-hydrogen) atoms. The maximum Gasteiger partial charge on any atom is 0.312 e. The summed E-state index contributed by atoms with van der Waals surface area (Å²) in [6.07, 6.45) is 0.222. The molecule has 1 aromatic carbocycles. The highest BCUT2D eigenvalue weighted by Gasteiger charge is 2.33. The first-order valence-corrected chi connectivity index (χ1v) is 4.42. The molecule has 0 saturated carbocycles. The summed E-state index contributed by atoms with van der Waals surface area (Å²) >= 11 is 0. The molecule has 1 atom stereocenters. The second-order valence-electron chi connectivity index (χ2n) is 3.66. The molecule has 0 radical (unpaired) electrons. The van der Waals surface area contributed by atoms with E-state index in [9.17, 15) is 9.18 Å². The molecule has 0 aliphatic heterocycles. The predicted octanol–water partition coefficient (Wildman–Crippen LogP) is 2.29. The highest BCUT2D eigenvalue weighted by molar-refractivity contribution is 5.74. The Kier molecular flexibility index (Phi) is 3.23. The molecule has 1 rings (SSSR count). The van der Waals surface area contributed by atoms with E-state index < -0.39 is 18.1 Å². The van der Waals surface area contributed by atoms with Crippen molar-refractivity contribution < 1.29 is 14.3 Å². The monoisotopic (exact) mass is 196 g/mol. The number of rotatable bonds is 4. The molecule has 1 unspecified atom stereocenters. The second kappa shape index (κ2) is 4.22.